The number of amides is 1. The summed E-state index contributed by atoms with van der Waals surface area (Å²) in [5.41, 5.74) is 2.67. The number of hydrogen-bond donors (Lipinski definition) is 0. The van der Waals surface area contributed by atoms with Gasteiger partial charge in [-0.05, 0) is 37.1 Å². The quantitative estimate of drug-likeness (QED) is 0.758. The molecule has 0 fully saturated rings. The van der Waals surface area contributed by atoms with E-state index < -0.39 is 0 Å². The van der Waals surface area contributed by atoms with E-state index in [1.807, 2.05) is 18.5 Å². The van der Waals surface area contributed by atoms with E-state index in [-0.39, 0.29) is 11.7 Å². The van der Waals surface area contributed by atoms with Crippen LogP contribution in [0.25, 0.3) is 10.9 Å². The van der Waals surface area contributed by atoms with E-state index in [9.17, 15) is 9.18 Å². The van der Waals surface area contributed by atoms with Gasteiger partial charge in [0.05, 0.1) is 0 Å². The van der Waals surface area contributed by atoms with Crippen LogP contribution < -0.4 is 0 Å². The largest absolute Gasteiger partial charge is 0.340 e. The molecule has 18 heavy (non-hydrogen) atoms. The van der Waals surface area contributed by atoms with E-state index in [1.165, 1.54) is 6.07 Å². The highest BCUT2D eigenvalue weighted by molar-refractivity contribution is 6.02. The Morgan fingerprint density at radius 1 is 1.39 bits per heavy atom. The fourth-order valence-electron chi connectivity index (χ4n) is 2.78. The molecule has 3 rings (SSSR count). The number of benzene rings is 1. The van der Waals surface area contributed by atoms with Crippen LogP contribution in [0.5, 0.6) is 0 Å². The molecule has 0 N–H and O–H groups in total. The van der Waals surface area contributed by atoms with Gasteiger partial charge < -0.3 is 9.47 Å². The minimum Gasteiger partial charge on any atom is -0.340 e. The van der Waals surface area contributed by atoms with Gasteiger partial charge in [-0.25, -0.2) is 4.39 Å². The molecule has 0 saturated carbocycles. The molecule has 2 heterocycles. The zero-order chi connectivity index (χ0) is 12.9. The third kappa shape index (κ3) is 1.38. The van der Waals surface area contributed by atoms with Gasteiger partial charge in [-0.3, -0.25) is 4.79 Å². The lowest BCUT2D eigenvalue weighted by molar-refractivity contribution is 0.0770. The van der Waals surface area contributed by atoms with Gasteiger partial charge >= 0.3 is 0 Å². The van der Waals surface area contributed by atoms with Gasteiger partial charge in [0.25, 0.3) is 5.91 Å². The number of halogens is 1. The van der Waals surface area contributed by atoms with Gasteiger partial charge in [-0.15, -0.1) is 0 Å². The second kappa shape index (κ2) is 3.83. The molecule has 4 heteroatoms. The molecule has 0 atom stereocenters. The summed E-state index contributed by atoms with van der Waals surface area (Å²) >= 11 is 0. The van der Waals surface area contributed by atoms with Gasteiger partial charge in [0.2, 0.25) is 0 Å². The summed E-state index contributed by atoms with van der Waals surface area (Å²) in [6, 6.07) is 4.76. The van der Waals surface area contributed by atoms with Crippen molar-refractivity contribution in [1.82, 2.24) is 9.47 Å². The van der Waals surface area contributed by atoms with Crippen molar-refractivity contribution in [3.63, 3.8) is 0 Å². The van der Waals surface area contributed by atoms with Crippen molar-refractivity contribution in [2.45, 2.75) is 19.9 Å². The molecule has 0 unspecified atom stereocenters. The Morgan fingerprint density at radius 2 is 2.17 bits per heavy atom. The SMILES string of the molecule is CCn1c2c(c3cc(F)ccc31)CCN(C)C2=O. The fraction of sp³-hybridized carbons (Fsp3) is 0.357. The van der Waals surface area contributed by atoms with Gasteiger partial charge in [0, 0.05) is 31.0 Å². The first-order valence-corrected chi connectivity index (χ1v) is 6.19. The molecule has 0 saturated heterocycles. The summed E-state index contributed by atoms with van der Waals surface area (Å²) in [5, 5.41) is 0.883. The van der Waals surface area contributed by atoms with Crippen molar-refractivity contribution in [3.05, 3.63) is 35.3 Å². The molecule has 1 aliphatic rings. The van der Waals surface area contributed by atoms with E-state index in [0.717, 1.165) is 35.1 Å². The van der Waals surface area contributed by atoms with E-state index in [1.54, 1.807) is 17.0 Å². The predicted molar refractivity (Wildman–Crippen MR) is 68.2 cm³/mol. The fourth-order valence-corrected chi connectivity index (χ4v) is 2.78. The van der Waals surface area contributed by atoms with Crippen molar-refractivity contribution < 1.29 is 9.18 Å². The molecule has 3 nitrogen and oxygen atoms in total. The van der Waals surface area contributed by atoms with Crippen molar-refractivity contribution >= 4 is 16.8 Å². The lowest BCUT2D eigenvalue weighted by atomic mass is 10.0. The lowest BCUT2D eigenvalue weighted by Crippen LogP contribution is -2.35. The van der Waals surface area contributed by atoms with Crippen LogP contribution in [0.2, 0.25) is 0 Å². The first kappa shape index (κ1) is 11.3. The smallest absolute Gasteiger partial charge is 0.270 e. The van der Waals surface area contributed by atoms with Crippen LogP contribution in [0.4, 0.5) is 4.39 Å². The average Bonchev–Trinajstić information content (AvgIpc) is 2.67. The van der Waals surface area contributed by atoms with Crippen LogP contribution in [-0.2, 0) is 13.0 Å². The first-order chi connectivity index (χ1) is 8.63. The zero-order valence-electron chi connectivity index (χ0n) is 10.5. The highest BCUT2D eigenvalue weighted by Gasteiger charge is 2.28. The number of carbonyl (C=O) groups excluding carboxylic acids is 1. The minimum atomic E-state index is -0.245. The summed E-state index contributed by atoms with van der Waals surface area (Å²) < 4.78 is 15.4. The van der Waals surface area contributed by atoms with Crippen molar-refractivity contribution in [2.24, 2.45) is 0 Å². The number of aryl methyl sites for hydroxylation is 1. The minimum absolute atomic E-state index is 0.0368. The summed E-state index contributed by atoms with van der Waals surface area (Å²) in [7, 11) is 1.81. The van der Waals surface area contributed by atoms with Crippen LogP contribution in [0.15, 0.2) is 18.2 Å². The number of nitrogens with zero attached hydrogens (tertiary/aromatic N) is 2. The number of fused-ring (bicyclic) bond motifs is 3. The Morgan fingerprint density at radius 3 is 2.89 bits per heavy atom. The standard InChI is InChI=1S/C14H15FN2O/c1-3-17-12-5-4-9(15)8-11(12)10-6-7-16(2)14(18)13(10)17/h4-5,8H,3,6-7H2,1-2H3. The van der Waals surface area contributed by atoms with Crippen molar-refractivity contribution in [3.8, 4) is 0 Å². The van der Waals surface area contributed by atoms with Gasteiger partial charge in [-0.2, -0.15) is 0 Å². The maximum atomic E-state index is 13.4. The molecule has 0 radical (unpaired) electrons. The van der Waals surface area contributed by atoms with Gasteiger partial charge in [0.15, 0.2) is 0 Å². The Balaban J connectivity index is 2.39. The average molecular weight is 246 g/mol. The second-order valence-electron chi connectivity index (χ2n) is 4.71. The first-order valence-electron chi connectivity index (χ1n) is 6.19. The van der Waals surface area contributed by atoms with Crippen molar-refractivity contribution in [2.75, 3.05) is 13.6 Å². The normalized spacial score (nSPS) is 15.3. The lowest BCUT2D eigenvalue weighted by Gasteiger charge is -2.24. The number of aromatic nitrogens is 1. The molecule has 1 aromatic heterocycles. The molecule has 1 amide bonds. The van der Waals surface area contributed by atoms with Gasteiger partial charge in [-0.1, -0.05) is 0 Å². The Kier molecular flexibility index (Phi) is 2.40. The molecular weight excluding hydrogens is 231 g/mol. The second-order valence-corrected chi connectivity index (χ2v) is 4.71. The Labute approximate surface area is 105 Å². The van der Waals surface area contributed by atoms with Crippen LogP contribution >= 0.6 is 0 Å². The van der Waals surface area contributed by atoms with Crippen LogP contribution in [0.3, 0.4) is 0 Å². The van der Waals surface area contributed by atoms with Crippen molar-refractivity contribution in [1.29, 1.82) is 0 Å². The van der Waals surface area contributed by atoms with Crippen LogP contribution in [0.1, 0.15) is 23.0 Å². The molecule has 1 aromatic carbocycles. The molecule has 1 aliphatic heterocycles. The maximum Gasteiger partial charge on any atom is 0.270 e. The topological polar surface area (TPSA) is 25.2 Å². The summed E-state index contributed by atoms with van der Waals surface area (Å²) in [6.45, 7) is 3.42. The number of rotatable bonds is 1. The highest BCUT2D eigenvalue weighted by Crippen LogP contribution is 2.30. The molecule has 0 bridgehead atoms. The van der Waals surface area contributed by atoms with E-state index in [2.05, 4.69) is 0 Å². The Hall–Kier alpha value is -1.84. The van der Waals surface area contributed by atoms with Crippen LogP contribution in [0, 0.1) is 5.82 Å². The van der Waals surface area contributed by atoms with E-state index in [4.69, 9.17) is 0 Å². The maximum absolute atomic E-state index is 13.4. The zero-order valence-corrected chi connectivity index (χ0v) is 10.5. The predicted octanol–water partition coefficient (Wildman–Crippen LogP) is 2.43. The number of likely N-dealkylation sites (N-methyl/N-ethyl adjacent to an activating group) is 1. The third-order valence-corrected chi connectivity index (χ3v) is 3.69. The Bertz CT molecular complexity index is 645. The molecule has 94 valence electrons. The third-order valence-electron chi connectivity index (χ3n) is 3.69. The number of carbonyl (C=O) groups is 1. The van der Waals surface area contributed by atoms with Gasteiger partial charge in [0.1, 0.15) is 11.5 Å². The monoisotopic (exact) mass is 246 g/mol. The van der Waals surface area contributed by atoms with E-state index >= 15 is 0 Å². The van der Waals surface area contributed by atoms with E-state index in [0.29, 0.717) is 6.54 Å². The molecule has 0 spiro atoms. The molecule has 0 aliphatic carbocycles. The number of hydrogen-bond acceptors (Lipinski definition) is 1. The summed E-state index contributed by atoms with van der Waals surface area (Å²) in [5.74, 6) is -0.209. The highest BCUT2D eigenvalue weighted by atomic mass is 19.1. The molecular formula is C14H15FN2O. The summed E-state index contributed by atoms with van der Waals surface area (Å²) in [4.78, 5) is 14.0. The van der Waals surface area contributed by atoms with Crippen LogP contribution in [-0.4, -0.2) is 29.0 Å². The molecule has 2 aromatic rings. The summed E-state index contributed by atoms with van der Waals surface area (Å²) in [6.07, 6.45) is 0.796.